The van der Waals surface area contributed by atoms with Crippen molar-refractivity contribution in [2.45, 2.75) is 32.4 Å². The smallest absolute Gasteiger partial charge is 0.165 e. The summed E-state index contributed by atoms with van der Waals surface area (Å²) in [6.07, 6.45) is 0.729. The minimum atomic E-state index is -0.661. The van der Waals surface area contributed by atoms with E-state index in [-0.39, 0.29) is 0 Å². The van der Waals surface area contributed by atoms with Gasteiger partial charge in [0.1, 0.15) is 13.2 Å². The predicted octanol–water partition coefficient (Wildman–Crippen LogP) is 1.71. The van der Waals surface area contributed by atoms with Crippen LogP contribution < -0.4 is 14.8 Å². The van der Waals surface area contributed by atoms with Crippen LogP contribution in [0.3, 0.4) is 0 Å². The van der Waals surface area contributed by atoms with E-state index in [0.29, 0.717) is 26.3 Å². The number of benzene rings is 1. The summed E-state index contributed by atoms with van der Waals surface area (Å²) in [5, 5.41) is 13.2. The van der Waals surface area contributed by atoms with Gasteiger partial charge in [0.25, 0.3) is 0 Å². The van der Waals surface area contributed by atoms with E-state index >= 15 is 0 Å². The Morgan fingerprint density at radius 3 is 2.89 bits per heavy atom. The van der Waals surface area contributed by atoms with Gasteiger partial charge in [0.2, 0.25) is 0 Å². The number of aliphatic hydroxyl groups is 1. The quantitative estimate of drug-likeness (QED) is 0.836. The predicted molar refractivity (Wildman–Crippen MR) is 70.1 cm³/mol. The molecule has 1 aliphatic rings. The van der Waals surface area contributed by atoms with Crippen molar-refractivity contribution in [1.29, 1.82) is 0 Å². The first-order chi connectivity index (χ1) is 8.62. The average Bonchev–Trinajstić information content (AvgIpc) is 2.39. The first kappa shape index (κ1) is 13.2. The maximum absolute atomic E-state index is 9.92. The van der Waals surface area contributed by atoms with Crippen molar-refractivity contribution in [3.8, 4) is 11.5 Å². The molecule has 1 heterocycles. The second-order valence-corrected chi connectivity index (χ2v) is 4.90. The molecule has 0 fully saturated rings. The molecule has 2 N–H and O–H groups in total. The minimum absolute atomic E-state index is 0.564. The third kappa shape index (κ3) is 3.15. The van der Waals surface area contributed by atoms with Gasteiger partial charge in [-0.2, -0.15) is 0 Å². The minimum Gasteiger partial charge on any atom is -0.486 e. The summed E-state index contributed by atoms with van der Waals surface area (Å²) in [6, 6.07) is 5.89. The molecule has 1 unspecified atom stereocenters. The lowest BCUT2D eigenvalue weighted by atomic mass is 10.0. The molecule has 0 aromatic heterocycles. The van der Waals surface area contributed by atoms with Gasteiger partial charge in [-0.25, -0.2) is 0 Å². The Morgan fingerprint density at radius 1 is 1.33 bits per heavy atom. The molecule has 1 aromatic rings. The fourth-order valence-corrected chi connectivity index (χ4v) is 1.86. The molecular formula is C14H21NO3. The summed E-state index contributed by atoms with van der Waals surface area (Å²) < 4.78 is 11.2. The van der Waals surface area contributed by atoms with Gasteiger partial charge in [-0.15, -0.1) is 0 Å². The largest absolute Gasteiger partial charge is 0.486 e. The van der Waals surface area contributed by atoms with E-state index in [2.05, 4.69) is 5.32 Å². The number of hydrogen-bond acceptors (Lipinski definition) is 4. The van der Waals surface area contributed by atoms with E-state index in [0.717, 1.165) is 23.5 Å². The van der Waals surface area contributed by atoms with Crippen molar-refractivity contribution in [2.24, 2.45) is 0 Å². The van der Waals surface area contributed by atoms with Crippen molar-refractivity contribution >= 4 is 0 Å². The maximum Gasteiger partial charge on any atom is 0.165 e. The molecule has 0 saturated carbocycles. The SMILES string of the molecule is CCC(C)(O)CNCc1cccc2c1OCCO2. The fourth-order valence-electron chi connectivity index (χ4n) is 1.86. The number of nitrogens with one attached hydrogen (secondary N) is 1. The molecular weight excluding hydrogens is 230 g/mol. The average molecular weight is 251 g/mol. The Morgan fingerprint density at radius 2 is 2.11 bits per heavy atom. The van der Waals surface area contributed by atoms with Crippen molar-refractivity contribution in [3.05, 3.63) is 23.8 Å². The molecule has 0 amide bonds. The van der Waals surface area contributed by atoms with Gasteiger partial charge in [-0.3, -0.25) is 0 Å². The lowest BCUT2D eigenvalue weighted by molar-refractivity contribution is 0.0554. The van der Waals surface area contributed by atoms with Crippen LogP contribution in [-0.4, -0.2) is 30.5 Å². The molecule has 100 valence electrons. The molecule has 0 aliphatic carbocycles. The molecule has 18 heavy (non-hydrogen) atoms. The topological polar surface area (TPSA) is 50.7 Å². The molecule has 1 aliphatic heterocycles. The van der Waals surface area contributed by atoms with Crippen LogP contribution in [0.25, 0.3) is 0 Å². The van der Waals surface area contributed by atoms with E-state index in [1.165, 1.54) is 0 Å². The van der Waals surface area contributed by atoms with Crippen molar-refractivity contribution < 1.29 is 14.6 Å². The van der Waals surface area contributed by atoms with Crippen molar-refractivity contribution in [1.82, 2.24) is 5.32 Å². The lowest BCUT2D eigenvalue weighted by Gasteiger charge is -2.24. The Kier molecular flexibility index (Phi) is 4.09. The van der Waals surface area contributed by atoms with E-state index in [1.54, 1.807) is 0 Å². The van der Waals surface area contributed by atoms with Crippen LogP contribution >= 0.6 is 0 Å². The van der Waals surface area contributed by atoms with Gasteiger partial charge in [0, 0.05) is 18.7 Å². The highest BCUT2D eigenvalue weighted by atomic mass is 16.6. The van der Waals surface area contributed by atoms with Gasteiger partial charge in [0.05, 0.1) is 5.60 Å². The highest BCUT2D eigenvalue weighted by Gasteiger charge is 2.18. The van der Waals surface area contributed by atoms with Crippen LogP contribution in [0.5, 0.6) is 11.5 Å². The summed E-state index contributed by atoms with van der Waals surface area (Å²) in [6.45, 7) is 6.24. The zero-order valence-electron chi connectivity index (χ0n) is 11.0. The molecule has 2 rings (SSSR count). The Balaban J connectivity index is 1.97. The highest BCUT2D eigenvalue weighted by molar-refractivity contribution is 5.47. The van der Waals surface area contributed by atoms with Crippen LogP contribution in [0.2, 0.25) is 0 Å². The molecule has 1 aromatic carbocycles. The summed E-state index contributed by atoms with van der Waals surface area (Å²) >= 11 is 0. The molecule has 1 atom stereocenters. The lowest BCUT2D eigenvalue weighted by Crippen LogP contribution is -2.36. The summed E-state index contributed by atoms with van der Waals surface area (Å²) in [5.74, 6) is 1.63. The standard InChI is InChI=1S/C14H21NO3/c1-3-14(2,16)10-15-9-11-5-4-6-12-13(11)18-8-7-17-12/h4-6,15-16H,3,7-10H2,1-2H3. The van der Waals surface area contributed by atoms with Crippen LogP contribution in [-0.2, 0) is 6.54 Å². The zero-order chi connectivity index (χ0) is 13.0. The first-order valence-corrected chi connectivity index (χ1v) is 6.43. The Labute approximate surface area is 108 Å². The Bertz CT molecular complexity index is 404. The van der Waals surface area contributed by atoms with Gasteiger partial charge >= 0.3 is 0 Å². The summed E-state index contributed by atoms with van der Waals surface area (Å²) in [4.78, 5) is 0. The van der Waals surface area contributed by atoms with Crippen LogP contribution in [0.4, 0.5) is 0 Å². The van der Waals surface area contributed by atoms with Crippen LogP contribution in [0, 0.1) is 0 Å². The van der Waals surface area contributed by atoms with Gasteiger partial charge in [-0.05, 0) is 19.4 Å². The van der Waals surface area contributed by atoms with Gasteiger partial charge in [-0.1, -0.05) is 19.1 Å². The monoisotopic (exact) mass is 251 g/mol. The number of rotatable bonds is 5. The third-order valence-electron chi connectivity index (χ3n) is 3.23. The van der Waals surface area contributed by atoms with E-state index in [9.17, 15) is 5.11 Å². The normalized spacial score (nSPS) is 17.3. The maximum atomic E-state index is 9.92. The van der Waals surface area contributed by atoms with E-state index in [1.807, 2.05) is 32.0 Å². The second kappa shape index (κ2) is 5.59. The second-order valence-electron chi connectivity index (χ2n) is 4.90. The molecule has 0 bridgehead atoms. The fraction of sp³-hybridized carbons (Fsp3) is 0.571. The van der Waals surface area contributed by atoms with Crippen molar-refractivity contribution in [3.63, 3.8) is 0 Å². The third-order valence-corrected chi connectivity index (χ3v) is 3.23. The summed E-state index contributed by atoms with van der Waals surface area (Å²) in [7, 11) is 0. The van der Waals surface area contributed by atoms with Crippen molar-refractivity contribution in [2.75, 3.05) is 19.8 Å². The molecule has 0 radical (unpaired) electrons. The number of para-hydroxylation sites is 1. The number of fused-ring (bicyclic) bond motifs is 1. The number of hydrogen-bond donors (Lipinski definition) is 2. The van der Waals surface area contributed by atoms with Gasteiger partial charge in [0.15, 0.2) is 11.5 Å². The Hall–Kier alpha value is -1.26. The highest BCUT2D eigenvalue weighted by Crippen LogP contribution is 2.33. The van der Waals surface area contributed by atoms with Gasteiger partial charge < -0.3 is 19.9 Å². The first-order valence-electron chi connectivity index (χ1n) is 6.43. The van der Waals surface area contributed by atoms with E-state index in [4.69, 9.17) is 9.47 Å². The zero-order valence-corrected chi connectivity index (χ0v) is 11.0. The molecule has 0 spiro atoms. The molecule has 4 heteroatoms. The number of ether oxygens (including phenoxy) is 2. The van der Waals surface area contributed by atoms with E-state index < -0.39 is 5.60 Å². The molecule has 4 nitrogen and oxygen atoms in total. The van der Waals surface area contributed by atoms with Crippen LogP contribution in [0.15, 0.2) is 18.2 Å². The van der Waals surface area contributed by atoms with Crippen LogP contribution in [0.1, 0.15) is 25.8 Å². The molecule has 0 saturated heterocycles. The summed E-state index contributed by atoms with van der Waals surface area (Å²) in [5.41, 5.74) is 0.408.